The summed E-state index contributed by atoms with van der Waals surface area (Å²) in [5.41, 5.74) is 1.30. The minimum Gasteiger partial charge on any atom is -0.372 e. The zero-order chi connectivity index (χ0) is 18.9. The number of Topliss-reactive ketones (excluding diaryl/α,β-unsaturated/α-hetero) is 1. The van der Waals surface area contributed by atoms with E-state index in [0.717, 1.165) is 12.1 Å². The smallest absolute Gasteiger partial charge is 0.372 e. The van der Waals surface area contributed by atoms with Crippen molar-refractivity contribution < 1.29 is 18.0 Å². The number of nitrogens with zero attached hydrogens (tertiary/aromatic N) is 3. The van der Waals surface area contributed by atoms with Crippen molar-refractivity contribution in [3.63, 3.8) is 0 Å². The molecule has 1 aromatic carbocycles. The lowest BCUT2D eigenvalue weighted by molar-refractivity contribution is -0.137. The van der Waals surface area contributed by atoms with Gasteiger partial charge in [0.2, 0.25) is 0 Å². The van der Waals surface area contributed by atoms with Crippen molar-refractivity contribution in [2.24, 2.45) is 0 Å². The largest absolute Gasteiger partial charge is 0.416 e. The highest BCUT2D eigenvalue weighted by molar-refractivity contribution is 5.98. The van der Waals surface area contributed by atoms with Crippen LogP contribution in [0.3, 0.4) is 0 Å². The first-order chi connectivity index (χ1) is 12.3. The first kappa shape index (κ1) is 17.8. The van der Waals surface area contributed by atoms with Gasteiger partial charge in [-0.3, -0.25) is 4.79 Å². The molecule has 2 heterocycles. The van der Waals surface area contributed by atoms with Crippen molar-refractivity contribution >= 4 is 22.8 Å². The van der Waals surface area contributed by atoms with Crippen LogP contribution in [0.25, 0.3) is 11.2 Å². The molecule has 0 amide bonds. The third kappa shape index (κ3) is 3.63. The van der Waals surface area contributed by atoms with E-state index in [9.17, 15) is 18.0 Å². The van der Waals surface area contributed by atoms with E-state index >= 15 is 0 Å². The Kier molecular flexibility index (Phi) is 4.58. The van der Waals surface area contributed by atoms with Crippen LogP contribution in [0, 0.1) is 6.92 Å². The number of aryl methyl sites for hydroxylation is 1. The number of nitrogens with one attached hydrogen (secondary N) is 1. The standard InChI is InChI=1S/C18H15F3N4O/c1-10-12(7-14-17(24-10)25-16(22-2)9-23-14)8-15(26)11-4-3-5-13(6-11)18(19,20)21/h3-7,9H,8H2,1-2H3,(H,22,24,25). The van der Waals surface area contributed by atoms with E-state index in [4.69, 9.17) is 0 Å². The molecule has 0 radical (unpaired) electrons. The minimum atomic E-state index is -4.49. The molecule has 8 heteroatoms. The van der Waals surface area contributed by atoms with Gasteiger partial charge in [-0.15, -0.1) is 0 Å². The summed E-state index contributed by atoms with van der Waals surface area (Å²) in [4.78, 5) is 25.3. The highest BCUT2D eigenvalue weighted by Gasteiger charge is 2.30. The van der Waals surface area contributed by atoms with Crippen molar-refractivity contribution in [1.29, 1.82) is 0 Å². The van der Waals surface area contributed by atoms with Gasteiger partial charge < -0.3 is 5.32 Å². The molecule has 0 fully saturated rings. The van der Waals surface area contributed by atoms with E-state index in [1.54, 1.807) is 20.0 Å². The van der Waals surface area contributed by atoms with Crippen LogP contribution in [0.1, 0.15) is 27.2 Å². The van der Waals surface area contributed by atoms with Crippen LogP contribution in [-0.4, -0.2) is 27.8 Å². The van der Waals surface area contributed by atoms with Gasteiger partial charge in [-0.25, -0.2) is 15.0 Å². The lowest BCUT2D eigenvalue weighted by Crippen LogP contribution is -2.10. The molecule has 0 aliphatic rings. The fraction of sp³-hybridized carbons (Fsp3) is 0.222. The molecule has 3 rings (SSSR count). The SMILES string of the molecule is CNc1cnc2cc(CC(=O)c3cccc(C(F)(F)F)c3)c(C)nc2n1. The second-order valence-corrected chi connectivity index (χ2v) is 5.76. The number of rotatable bonds is 4. The van der Waals surface area contributed by atoms with Gasteiger partial charge in [-0.1, -0.05) is 12.1 Å². The number of hydrogen-bond donors (Lipinski definition) is 1. The highest BCUT2D eigenvalue weighted by Crippen LogP contribution is 2.30. The van der Waals surface area contributed by atoms with Crippen LogP contribution in [0.5, 0.6) is 0 Å². The normalized spacial score (nSPS) is 11.6. The number of halogens is 3. The summed E-state index contributed by atoms with van der Waals surface area (Å²) in [6.07, 6.45) is -3.01. The molecular weight excluding hydrogens is 345 g/mol. The second kappa shape index (κ2) is 6.70. The van der Waals surface area contributed by atoms with E-state index in [2.05, 4.69) is 20.3 Å². The van der Waals surface area contributed by atoms with Crippen LogP contribution >= 0.6 is 0 Å². The third-order valence-corrected chi connectivity index (χ3v) is 3.95. The topological polar surface area (TPSA) is 67.8 Å². The second-order valence-electron chi connectivity index (χ2n) is 5.76. The van der Waals surface area contributed by atoms with Crippen molar-refractivity contribution in [2.75, 3.05) is 12.4 Å². The Labute approximate surface area is 147 Å². The maximum atomic E-state index is 12.8. The predicted molar refractivity (Wildman–Crippen MR) is 91.1 cm³/mol. The molecule has 0 unspecified atom stereocenters. The Morgan fingerprint density at radius 3 is 2.65 bits per heavy atom. The summed E-state index contributed by atoms with van der Waals surface area (Å²) in [6.45, 7) is 1.72. The molecule has 134 valence electrons. The Morgan fingerprint density at radius 1 is 1.19 bits per heavy atom. The monoisotopic (exact) mass is 360 g/mol. The van der Waals surface area contributed by atoms with Crippen LogP contribution in [0.15, 0.2) is 36.5 Å². The third-order valence-electron chi connectivity index (χ3n) is 3.95. The van der Waals surface area contributed by atoms with Gasteiger partial charge in [0.05, 0.1) is 11.8 Å². The fourth-order valence-corrected chi connectivity index (χ4v) is 2.52. The summed E-state index contributed by atoms with van der Waals surface area (Å²) in [6, 6.07) is 6.10. The molecule has 0 bridgehead atoms. The molecule has 5 nitrogen and oxygen atoms in total. The maximum absolute atomic E-state index is 12.8. The number of alkyl halides is 3. The molecule has 1 N–H and O–H groups in total. The van der Waals surface area contributed by atoms with Crippen LogP contribution in [0.2, 0.25) is 0 Å². The average Bonchev–Trinajstić information content (AvgIpc) is 2.61. The highest BCUT2D eigenvalue weighted by atomic mass is 19.4. The first-order valence-corrected chi connectivity index (χ1v) is 7.79. The number of pyridine rings is 1. The number of aromatic nitrogens is 3. The zero-order valence-corrected chi connectivity index (χ0v) is 14.1. The van der Waals surface area contributed by atoms with Crippen LogP contribution in [0.4, 0.5) is 19.0 Å². The molecule has 2 aromatic heterocycles. The number of anilines is 1. The van der Waals surface area contributed by atoms with Gasteiger partial charge in [-0.2, -0.15) is 13.2 Å². The van der Waals surface area contributed by atoms with E-state index < -0.39 is 17.5 Å². The number of benzene rings is 1. The van der Waals surface area contributed by atoms with E-state index in [0.29, 0.717) is 28.2 Å². The van der Waals surface area contributed by atoms with Crippen molar-refractivity contribution in [1.82, 2.24) is 15.0 Å². The summed E-state index contributed by atoms with van der Waals surface area (Å²) in [7, 11) is 1.71. The van der Waals surface area contributed by atoms with Gasteiger partial charge in [0.25, 0.3) is 0 Å². The molecule has 0 atom stereocenters. The maximum Gasteiger partial charge on any atom is 0.416 e. The molecular formula is C18H15F3N4O. The van der Waals surface area contributed by atoms with Gasteiger partial charge >= 0.3 is 6.18 Å². The Hall–Kier alpha value is -3.03. The minimum absolute atomic E-state index is 0.0101. The number of fused-ring (bicyclic) bond motifs is 1. The quantitative estimate of drug-likeness (QED) is 0.717. The van der Waals surface area contributed by atoms with E-state index in [1.807, 2.05) is 0 Å². The van der Waals surface area contributed by atoms with Crippen molar-refractivity contribution in [3.05, 3.63) is 58.9 Å². The lowest BCUT2D eigenvalue weighted by atomic mass is 10.00. The summed E-state index contributed by atoms with van der Waals surface area (Å²) in [5, 5.41) is 2.86. The van der Waals surface area contributed by atoms with E-state index in [1.165, 1.54) is 18.3 Å². The van der Waals surface area contributed by atoms with Crippen LogP contribution < -0.4 is 5.32 Å². The first-order valence-electron chi connectivity index (χ1n) is 7.79. The Balaban J connectivity index is 1.91. The summed E-state index contributed by atoms with van der Waals surface area (Å²) < 4.78 is 38.5. The molecule has 0 aliphatic carbocycles. The fourth-order valence-electron chi connectivity index (χ4n) is 2.52. The van der Waals surface area contributed by atoms with Gasteiger partial charge in [0, 0.05) is 24.7 Å². The summed E-state index contributed by atoms with van der Waals surface area (Å²) >= 11 is 0. The lowest BCUT2D eigenvalue weighted by Gasteiger charge is -2.10. The number of carbonyl (C=O) groups excluding carboxylic acids is 1. The van der Waals surface area contributed by atoms with Crippen molar-refractivity contribution in [2.45, 2.75) is 19.5 Å². The molecule has 0 saturated carbocycles. The average molecular weight is 360 g/mol. The van der Waals surface area contributed by atoms with Gasteiger partial charge in [0.15, 0.2) is 11.4 Å². The number of carbonyl (C=O) groups is 1. The van der Waals surface area contributed by atoms with E-state index in [-0.39, 0.29) is 12.0 Å². The molecule has 0 spiro atoms. The number of hydrogen-bond acceptors (Lipinski definition) is 5. The Morgan fingerprint density at radius 2 is 1.96 bits per heavy atom. The Bertz CT molecular complexity index is 986. The molecule has 26 heavy (non-hydrogen) atoms. The zero-order valence-electron chi connectivity index (χ0n) is 14.1. The molecule has 0 aliphatic heterocycles. The van der Waals surface area contributed by atoms with Gasteiger partial charge in [0.1, 0.15) is 11.3 Å². The van der Waals surface area contributed by atoms with Crippen LogP contribution in [-0.2, 0) is 12.6 Å². The summed E-state index contributed by atoms with van der Waals surface area (Å²) in [5.74, 6) is 0.150. The van der Waals surface area contributed by atoms with Gasteiger partial charge in [-0.05, 0) is 30.7 Å². The van der Waals surface area contributed by atoms with Crippen molar-refractivity contribution in [3.8, 4) is 0 Å². The number of ketones is 1. The predicted octanol–water partition coefficient (Wildman–Crippen LogP) is 3.82. The molecule has 3 aromatic rings. The molecule has 0 saturated heterocycles.